The molecule has 0 saturated heterocycles. The van der Waals surface area contributed by atoms with E-state index in [-0.39, 0.29) is 11.3 Å². The average molecular weight is 310 g/mol. The predicted octanol–water partition coefficient (Wildman–Crippen LogP) is 3.14. The summed E-state index contributed by atoms with van der Waals surface area (Å²) in [5.74, 6) is 0. The van der Waals surface area contributed by atoms with Crippen LogP contribution in [0.5, 0.6) is 0 Å². The zero-order chi connectivity index (χ0) is 15.5. The van der Waals surface area contributed by atoms with Gasteiger partial charge >= 0.3 is 0 Å². The fourth-order valence-electron chi connectivity index (χ4n) is 2.97. The lowest BCUT2D eigenvalue weighted by atomic mass is 10.0. The quantitative estimate of drug-likeness (QED) is 0.850. The summed E-state index contributed by atoms with van der Waals surface area (Å²) in [4.78, 5) is 0. The highest BCUT2D eigenvalue weighted by molar-refractivity contribution is 7.89. The van der Waals surface area contributed by atoms with Crippen molar-refractivity contribution in [2.45, 2.75) is 63.8 Å². The van der Waals surface area contributed by atoms with Gasteiger partial charge in [0.1, 0.15) is 0 Å². The summed E-state index contributed by atoms with van der Waals surface area (Å²) in [5.41, 5.74) is 7.50. The van der Waals surface area contributed by atoms with Crippen molar-refractivity contribution >= 4 is 15.7 Å². The first-order valence-corrected chi connectivity index (χ1v) is 9.27. The van der Waals surface area contributed by atoms with E-state index in [4.69, 9.17) is 5.73 Å². The van der Waals surface area contributed by atoms with Crippen LogP contribution < -0.4 is 5.73 Å². The van der Waals surface area contributed by atoms with Gasteiger partial charge in [0.2, 0.25) is 10.0 Å². The largest absolute Gasteiger partial charge is 0.398 e. The molecule has 2 N–H and O–H groups in total. The van der Waals surface area contributed by atoms with E-state index in [0.717, 1.165) is 37.7 Å². The van der Waals surface area contributed by atoms with Crippen LogP contribution in [0.1, 0.15) is 51.5 Å². The van der Waals surface area contributed by atoms with Crippen LogP contribution in [0.15, 0.2) is 24.3 Å². The molecule has 0 unspecified atom stereocenters. The molecule has 0 spiro atoms. The fourth-order valence-corrected chi connectivity index (χ4v) is 5.19. The Morgan fingerprint density at radius 3 is 2.38 bits per heavy atom. The number of anilines is 1. The first kappa shape index (κ1) is 16.3. The molecule has 4 nitrogen and oxygen atoms in total. The monoisotopic (exact) mass is 310 g/mol. The summed E-state index contributed by atoms with van der Waals surface area (Å²) >= 11 is 0. The van der Waals surface area contributed by atoms with Crippen molar-refractivity contribution in [3.8, 4) is 0 Å². The van der Waals surface area contributed by atoms with Crippen molar-refractivity contribution in [3.63, 3.8) is 0 Å². The highest BCUT2D eigenvalue weighted by Gasteiger charge is 2.34. The van der Waals surface area contributed by atoms with Gasteiger partial charge in [-0.2, -0.15) is 4.31 Å². The Hall–Kier alpha value is -1.07. The molecule has 1 aliphatic rings. The van der Waals surface area contributed by atoms with Crippen molar-refractivity contribution in [3.05, 3.63) is 29.8 Å². The summed E-state index contributed by atoms with van der Waals surface area (Å²) in [6.07, 6.45) is 4.76. The van der Waals surface area contributed by atoms with Crippen molar-refractivity contribution in [2.75, 3.05) is 5.73 Å². The molecule has 21 heavy (non-hydrogen) atoms. The minimum absolute atomic E-state index is 0.0588. The fraction of sp³-hybridized carbons (Fsp3) is 0.625. The number of rotatable bonds is 5. The summed E-state index contributed by atoms with van der Waals surface area (Å²) in [6, 6.07) is 7.44. The molecule has 0 aromatic heterocycles. The van der Waals surface area contributed by atoms with E-state index in [2.05, 4.69) is 0 Å². The van der Waals surface area contributed by atoms with E-state index in [1.165, 1.54) is 0 Å². The molecule has 118 valence electrons. The molecule has 0 bridgehead atoms. The van der Waals surface area contributed by atoms with Crippen LogP contribution in [0.4, 0.5) is 5.69 Å². The summed E-state index contributed by atoms with van der Waals surface area (Å²) in [6.45, 7) is 4.22. The smallest absolute Gasteiger partial charge is 0.217 e. The van der Waals surface area contributed by atoms with Gasteiger partial charge in [0, 0.05) is 18.3 Å². The number of para-hydroxylation sites is 1. The minimum Gasteiger partial charge on any atom is -0.398 e. The lowest BCUT2D eigenvalue weighted by Crippen LogP contribution is -2.43. The molecular weight excluding hydrogens is 284 g/mol. The Kier molecular flexibility index (Phi) is 5.27. The second kappa shape index (κ2) is 6.79. The van der Waals surface area contributed by atoms with Crippen molar-refractivity contribution in [2.24, 2.45) is 0 Å². The van der Waals surface area contributed by atoms with Crippen LogP contribution in [0.2, 0.25) is 0 Å². The molecule has 0 atom stereocenters. The third-order valence-electron chi connectivity index (χ3n) is 4.26. The maximum atomic E-state index is 12.9. The maximum Gasteiger partial charge on any atom is 0.217 e. The molecule has 1 saturated carbocycles. The topological polar surface area (TPSA) is 63.4 Å². The highest BCUT2D eigenvalue weighted by Crippen LogP contribution is 2.28. The van der Waals surface area contributed by atoms with Gasteiger partial charge in [0.05, 0.1) is 5.25 Å². The van der Waals surface area contributed by atoms with E-state index in [9.17, 15) is 8.42 Å². The second-order valence-corrected chi connectivity index (χ2v) is 8.31. The second-order valence-electron chi connectivity index (χ2n) is 6.14. The third kappa shape index (κ3) is 3.77. The normalized spacial score (nSPS) is 17.5. The number of hydrogen-bond acceptors (Lipinski definition) is 3. The van der Waals surface area contributed by atoms with E-state index >= 15 is 0 Å². The summed E-state index contributed by atoms with van der Waals surface area (Å²) in [5, 5.41) is -0.224. The number of nitrogen functional groups attached to an aromatic ring is 1. The standard InChI is InChI=1S/C16H26N2O2S/c1-13(2)18(12-14-8-6-7-11-16(14)17)21(19,20)15-9-4-3-5-10-15/h6-8,11,13,15H,3-5,9-10,12,17H2,1-2H3. The number of sulfonamides is 1. The number of nitrogens with two attached hydrogens (primary N) is 1. The number of benzene rings is 1. The molecule has 0 heterocycles. The molecule has 0 amide bonds. The third-order valence-corrected chi connectivity index (χ3v) is 6.78. The molecule has 1 aliphatic carbocycles. The molecule has 0 aliphatic heterocycles. The first-order chi connectivity index (χ1) is 9.93. The van der Waals surface area contributed by atoms with Crippen LogP contribution in [0.3, 0.4) is 0 Å². The van der Waals surface area contributed by atoms with Gasteiger partial charge in [-0.3, -0.25) is 0 Å². The SMILES string of the molecule is CC(C)N(Cc1ccccc1N)S(=O)(=O)C1CCCCC1. The van der Waals surface area contributed by atoms with Crippen LogP contribution >= 0.6 is 0 Å². The lowest BCUT2D eigenvalue weighted by molar-refractivity contribution is 0.334. The Labute approximate surface area is 128 Å². The summed E-state index contributed by atoms with van der Waals surface area (Å²) < 4.78 is 27.5. The van der Waals surface area contributed by atoms with Gasteiger partial charge in [-0.15, -0.1) is 0 Å². The van der Waals surface area contributed by atoms with Gasteiger partial charge in [-0.25, -0.2) is 8.42 Å². The van der Waals surface area contributed by atoms with E-state index in [1.54, 1.807) is 4.31 Å². The zero-order valence-corrected chi connectivity index (χ0v) is 13.8. The van der Waals surface area contributed by atoms with Gasteiger partial charge in [0.15, 0.2) is 0 Å². The highest BCUT2D eigenvalue weighted by atomic mass is 32.2. The molecule has 1 aromatic carbocycles. The van der Waals surface area contributed by atoms with Gasteiger partial charge in [0.25, 0.3) is 0 Å². The number of nitrogens with zero attached hydrogens (tertiary/aromatic N) is 1. The molecule has 2 rings (SSSR count). The van der Waals surface area contributed by atoms with E-state index in [1.807, 2.05) is 38.1 Å². The molecule has 1 fully saturated rings. The lowest BCUT2D eigenvalue weighted by Gasteiger charge is -2.32. The van der Waals surface area contributed by atoms with Gasteiger partial charge in [-0.1, -0.05) is 37.5 Å². The van der Waals surface area contributed by atoms with Gasteiger partial charge in [-0.05, 0) is 38.3 Å². The maximum absolute atomic E-state index is 12.9. The van der Waals surface area contributed by atoms with Crippen LogP contribution in [-0.4, -0.2) is 24.0 Å². The Bertz CT molecular complexity index is 563. The Morgan fingerprint density at radius 1 is 1.19 bits per heavy atom. The molecule has 1 aromatic rings. The predicted molar refractivity (Wildman–Crippen MR) is 87.3 cm³/mol. The first-order valence-electron chi connectivity index (χ1n) is 7.77. The van der Waals surface area contributed by atoms with Crippen molar-refractivity contribution < 1.29 is 8.42 Å². The molecular formula is C16H26N2O2S. The minimum atomic E-state index is -3.26. The van der Waals surface area contributed by atoms with Crippen molar-refractivity contribution in [1.29, 1.82) is 0 Å². The van der Waals surface area contributed by atoms with Crippen LogP contribution in [0.25, 0.3) is 0 Å². The molecule has 0 radical (unpaired) electrons. The number of hydrogen-bond donors (Lipinski definition) is 1. The summed E-state index contributed by atoms with van der Waals surface area (Å²) in [7, 11) is -3.26. The van der Waals surface area contributed by atoms with E-state index in [0.29, 0.717) is 12.2 Å². The molecule has 5 heteroatoms. The average Bonchev–Trinajstić information content (AvgIpc) is 2.46. The van der Waals surface area contributed by atoms with Crippen LogP contribution in [-0.2, 0) is 16.6 Å². The zero-order valence-electron chi connectivity index (χ0n) is 13.0. The van der Waals surface area contributed by atoms with E-state index < -0.39 is 10.0 Å². The Morgan fingerprint density at radius 2 is 1.81 bits per heavy atom. The van der Waals surface area contributed by atoms with Gasteiger partial charge < -0.3 is 5.73 Å². The van der Waals surface area contributed by atoms with Crippen molar-refractivity contribution in [1.82, 2.24) is 4.31 Å². The Balaban J connectivity index is 2.24. The van der Waals surface area contributed by atoms with Crippen LogP contribution in [0, 0.1) is 0 Å².